The maximum Gasteiger partial charge on any atom is 0.0703 e. The molecule has 0 aliphatic heterocycles. The van der Waals surface area contributed by atoms with Gasteiger partial charge < -0.3 is 61.6 Å². The van der Waals surface area contributed by atoms with Crippen molar-refractivity contribution in [3.05, 3.63) is 0 Å². The van der Waals surface area contributed by atoms with Crippen LogP contribution >= 0.6 is 22.6 Å². The molecule has 0 saturated carbocycles. The maximum atomic E-state index is 5.48. The molecule has 0 unspecified atom stereocenters. The quantitative estimate of drug-likeness (QED) is 0.0520. The Balaban J connectivity index is 3.03. The second-order valence-electron chi connectivity index (χ2n) is 8.96. The molecule has 0 aliphatic carbocycles. The molecule has 0 atom stereocenters. The number of halogens is 1. The third-order valence-corrected chi connectivity index (χ3v) is 5.43. The van der Waals surface area contributed by atoms with Crippen molar-refractivity contribution < 1.29 is 61.6 Å². The van der Waals surface area contributed by atoms with Crippen molar-refractivity contribution in [2.45, 2.75) is 20.0 Å². The van der Waals surface area contributed by atoms with Crippen molar-refractivity contribution in [1.29, 1.82) is 0 Å². The first-order valence-electron chi connectivity index (χ1n) is 15.4. The molecule has 0 saturated heterocycles. The van der Waals surface area contributed by atoms with Crippen molar-refractivity contribution in [2.75, 3.05) is 170 Å². The Kier molecular flexibility index (Phi) is 40.4. The zero-order valence-corrected chi connectivity index (χ0v) is 28.8. The predicted molar refractivity (Wildman–Crippen MR) is 170 cm³/mol. The van der Waals surface area contributed by atoms with Crippen molar-refractivity contribution in [3.8, 4) is 0 Å². The van der Waals surface area contributed by atoms with E-state index in [4.69, 9.17) is 61.6 Å². The summed E-state index contributed by atoms with van der Waals surface area (Å²) in [6.07, 6.45) is 0.232. The van der Waals surface area contributed by atoms with Gasteiger partial charge in [0, 0.05) is 4.43 Å². The molecule has 0 heterocycles. The summed E-state index contributed by atoms with van der Waals surface area (Å²) in [5.41, 5.74) is 0. The minimum atomic E-state index is 0.232. The maximum absolute atomic E-state index is 5.48. The lowest BCUT2D eigenvalue weighted by Gasteiger charge is -2.09. The van der Waals surface area contributed by atoms with Gasteiger partial charge in [0.1, 0.15) is 0 Å². The molecule has 0 amide bonds. The fraction of sp³-hybridized carbons (Fsp3) is 1.00. The first kappa shape index (κ1) is 43.2. The Bertz CT molecular complexity index is 495. The van der Waals surface area contributed by atoms with Crippen LogP contribution < -0.4 is 0 Å². The van der Waals surface area contributed by atoms with E-state index >= 15 is 0 Å². The fourth-order valence-electron chi connectivity index (χ4n) is 2.92. The van der Waals surface area contributed by atoms with Gasteiger partial charge in [0.25, 0.3) is 0 Å². The summed E-state index contributed by atoms with van der Waals surface area (Å²) in [7, 11) is 0. The van der Waals surface area contributed by atoms with Crippen molar-refractivity contribution in [2.24, 2.45) is 0 Å². The first-order chi connectivity index (χ1) is 21.3. The van der Waals surface area contributed by atoms with Gasteiger partial charge in [-0.05, 0) is 13.8 Å². The molecule has 43 heavy (non-hydrogen) atoms. The topological polar surface area (TPSA) is 120 Å². The highest BCUT2D eigenvalue weighted by atomic mass is 127. The Labute approximate surface area is 273 Å². The monoisotopic (exact) mass is 742 g/mol. The Hall–Kier alpha value is 0.210. The summed E-state index contributed by atoms with van der Waals surface area (Å²) in [5.74, 6) is 0. The van der Waals surface area contributed by atoms with E-state index in [0.29, 0.717) is 159 Å². The van der Waals surface area contributed by atoms with Crippen LogP contribution in [0.15, 0.2) is 0 Å². The van der Waals surface area contributed by atoms with Gasteiger partial charge in [-0.15, -0.1) is 0 Å². The van der Waals surface area contributed by atoms with Crippen LogP contribution in [-0.4, -0.2) is 176 Å². The lowest BCUT2D eigenvalue weighted by molar-refractivity contribution is -0.0297. The normalized spacial score (nSPS) is 11.7. The molecular formula is C29H59IO13. The molecule has 0 aliphatic rings. The predicted octanol–water partition coefficient (Wildman–Crippen LogP) is 2.05. The Morgan fingerprint density at radius 1 is 0.279 bits per heavy atom. The molecule has 0 N–H and O–H groups in total. The van der Waals surface area contributed by atoms with Gasteiger partial charge in [-0.3, -0.25) is 0 Å². The van der Waals surface area contributed by atoms with E-state index in [-0.39, 0.29) is 6.10 Å². The van der Waals surface area contributed by atoms with Crippen LogP contribution in [0.2, 0.25) is 0 Å². The van der Waals surface area contributed by atoms with E-state index in [1.807, 2.05) is 13.8 Å². The summed E-state index contributed by atoms with van der Waals surface area (Å²) in [6.45, 7) is 17.8. The lowest BCUT2D eigenvalue weighted by Crippen LogP contribution is -2.15. The first-order valence-corrected chi connectivity index (χ1v) is 16.9. The zero-order chi connectivity index (χ0) is 31.2. The van der Waals surface area contributed by atoms with Gasteiger partial charge in [0.2, 0.25) is 0 Å². The largest absolute Gasteiger partial charge is 0.378 e. The molecule has 0 rings (SSSR count). The van der Waals surface area contributed by atoms with Crippen LogP contribution in [0.4, 0.5) is 0 Å². The molecule has 0 fully saturated rings. The molecule has 0 bridgehead atoms. The van der Waals surface area contributed by atoms with Gasteiger partial charge in [0.15, 0.2) is 0 Å². The average molecular weight is 743 g/mol. The Morgan fingerprint density at radius 2 is 0.442 bits per heavy atom. The molecule has 0 aromatic carbocycles. The summed E-state index contributed by atoms with van der Waals surface area (Å²) in [5, 5.41) is 0. The number of ether oxygens (including phenoxy) is 13. The smallest absolute Gasteiger partial charge is 0.0703 e. The third-order valence-electron chi connectivity index (χ3n) is 4.99. The van der Waals surface area contributed by atoms with E-state index in [0.717, 1.165) is 11.0 Å². The van der Waals surface area contributed by atoms with Gasteiger partial charge >= 0.3 is 0 Å². The molecule has 0 spiro atoms. The van der Waals surface area contributed by atoms with E-state index in [9.17, 15) is 0 Å². The highest BCUT2D eigenvalue weighted by Crippen LogP contribution is 1.89. The van der Waals surface area contributed by atoms with Crippen LogP contribution in [0.25, 0.3) is 0 Å². The van der Waals surface area contributed by atoms with E-state index < -0.39 is 0 Å². The van der Waals surface area contributed by atoms with Crippen molar-refractivity contribution >= 4 is 22.6 Å². The number of hydrogen-bond donors (Lipinski definition) is 0. The summed E-state index contributed by atoms with van der Waals surface area (Å²) in [4.78, 5) is 0. The second-order valence-corrected chi connectivity index (χ2v) is 10.0. The van der Waals surface area contributed by atoms with E-state index in [2.05, 4.69) is 22.6 Å². The number of rotatable bonds is 39. The van der Waals surface area contributed by atoms with Crippen LogP contribution in [-0.2, 0) is 61.6 Å². The summed E-state index contributed by atoms with van der Waals surface area (Å²) < 4.78 is 71.7. The number of alkyl halides is 1. The minimum Gasteiger partial charge on any atom is -0.378 e. The van der Waals surface area contributed by atoms with Crippen LogP contribution in [0, 0.1) is 0 Å². The molecule has 13 nitrogen and oxygen atoms in total. The van der Waals surface area contributed by atoms with Crippen molar-refractivity contribution in [1.82, 2.24) is 0 Å². The van der Waals surface area contributed by atoms with E-state index in [1.165, 1.54) is 0 Å². The van der Waals surface area contributed by atoms with E-state index in [1.54, 1.807) is 0 Å². The second kappa shape index (κ2) is 40.2. The van der Waals surface area contributed by atoms with Gasteiger partial charge in [-0.2, -0.15) is 0 Å². The van der Waals surface area contributed by atoms with Crippen LogP contribution in [0.5, 0.6) is 0 Å². The molecule has 260 valence electrons. The fourth-order valence-corrected chi connectivity index (χ4v) is 3.23. The average Bonchev–Trinajstić information content (AvgIpc) is 3.00. The standard InChI is InChI=1S/C29H59IO13/c1-29(2)43-28-27-42-26-25-41-24-23-40-22-21-39-20-19-38-18-17-37-16-15-36-14-13-35-12-11-34-10-9-33-8-7-32-6-5-31-4-3-30/h29H,3-28H2,1-2H3. The summed E-state index contributed by atoms with van der Waals surface area (Å²) in [6, 6.07) is 0. The molecule has 0 aromatic heterocycles. The van der Waals surface area contributed by atoms with Crippen molar-refractivity contribution in [3.63, 3.8) is 0 Å². The van der Waals surface area contributed by atoms with Gasteiger partial charge in [0.05, 0.1) is 171 Å². The lowest BCUT2D eigenvalue weighted by atomic mass is 10.5. The summed E-state index contributed by atoms with van der Waals surface area (Å²) >= 11 is 2.28. The molecule has 0 radical (unpaired) electrons. The van der Waals surface area contributed by atoms with Crippen LogP contribution in [0.3, 0.4) is 0 Å². The number of hydrogen-bond acceptors (Lipinski definition) is 13. The van der Waals surface area contributed by atoms with Gasteiger partial charge in [-0.25, -0.2) is 0 Å². The SMILES string of the molecule is CC(C)OCCOCCOCCOCCOCCOCCOCCOCCOCCOCCOCCOCCOCCI. The Morgan fingerprint density at radius 3 is 0.605 bits per heavy atom. The zero-order valence-electron chi connectivity index (χ0n) is 26.6. The highest BCUT2D eigenvalue weighted by Gasteiger charge is 1.97. The highest BCUT2D eigenvalue weighted by molar-refractivity contribution is 14.1. The molecular weight excluding hydrogens is 683 g/mol. The van der Waals surface area contributed by atoms with Crippen LogP contribution in [0.1, 0.15) is 13.8 Å². The molecule has 14 heteroatoms. The molecule has 0 aromatic rings. The third kappa shape index (κ3) is 42.2. The van der Waals surface area contributed by atoms with Gasteiger partial charge in [-0.1, -0.05) is 22.6 Å². The minimum absolute atomic E-state index is 0.232.